The minimum absolute atomic E-state index is 0.145. The molecule has 0 heterocycles. The van der Waals surface area contributed by atoms with Gasteiger partial charge in [-0.3, -0.25) is 0 Å². The molecule has 4 aliphatic carbocycles. The van der Waals surface area contributed by atoms with Gasteiger partial charge in [-0.25, -0.2) is 0 Å². The zero-order chi connectivity index (χ0) is 37.5. The molecule has 0 amide bonds. The second kappa shape index (κ2) is 16.9. The van der Waals surface area contributed by atoms with Crippen molar-refractivity contribution in [2.75, 3.05) is 11.9 Å². The summed E-state index contributed by atoms with van der Waals surface area (Å²) in [5.74, 6) is 0.727. The van der Waals surface area contributed by atoms with Crippen LogP contribution in [-0.2, 0) is 6.42 Å². The van der Waals surface area contributed by atoms with Gasteiger partial charge in [0.1, 0.15) is 0 Å². The molecule has 53 heavy (non-hydrogen) atoms. The lowest BCUT2D eigenvalue weighted by molar-refractivity contribution is 0.709. The number of rotatable bonds is 11. The van der Waals surface area contributed by atoms with Crippen LogP contribution in [0.2, 0.25) is 0 Å². The molecule has 0 bridgehead atoms. The monoisotopic (exact) mass is 697 g/mol. The first-order valence-electron chi connectivity index (χ1n) is 19.7. The van der Waals surface area contributed by atoms with E-state index in [0.717, 1.165) is 32.1 Å². The van der Waals surface area contributed by atoms with Crippen molar-refractivity contribution in [3.8, 4) is 0 Å². The minimum Gasteiger partial charge on any atom is -0.347 e. The van der Waals surface area contributed by atoms with Gasteiger partial charge in [-0.1, -0.05) is 151 Å². The fourth-order valence-electron chi connectivity index (χ4n) is 8.45. The van der Waals surface area contributed by atoms with Gasteiger partial charge in [0.2, 0.25) is 0 Å². The van der Waals surface area contributed by atoms with Gasteiger partial charge in [-0.15, -0.1) is 0 Å². The lowest BCUT2D eigenvalue weighted by atomic mass is 9.84. The molecule has 2 aromatic carbocycles. The van der Waals surface area contributed by atoms with Crippen molar-refractivity contribution in [2.24, 2.45) is 17.3 Å². The Morgan fingerprint density at radius 1 is 0.906 bits per heavy atom. The molecule has 0 aliphatic heterocycles. The summed E-state index contributed by atoms with van der Waals surface area (Å²) in [4.78, 5) is 2.38. The number of hydrogen-bond donors (Lipinski definition) is 0. The molecule has 272 valence electrons. The van der Waals surface area contributed by atoms with E-state index in [-0.39, 0.29) is 5.41 Å². The molecule has 1 heteroatoms. The Morgan fingerprint density at radius 2 is 1.62 bits per heavy atom. The highest BCUT2D eigenvalue weighted by molar-refractivity contribution is 5.64. The first-order valence-corrected chi connectivity index (χ1v) is 19.7. The second-order valence-electron chi connectivity index (χ2n) is 15.6. The molecular formula is C52H59N. The van der Waals surface area contributed by atoms with E-state index in [1.807, 2.05) is 0 Å². The van der Waals surface area contributed by atoms with Crippen LogP contribution in [0.15, 0.2) is 201 Å². The molecular weight excluding hydrogens is 639 g/mol. The minimum atomic E-state index is -0.145. The zero-order valence-electron chi connectivity index (χ0n) is 33.4. The maximum atomic E-state index is 2.50. The van der Waals surface area contributed by atoms with Crippen LogP contribution in [-0.4, -0.2) is 7.05 Å². The second-order valence-corrected chi connectivity index (χ2v) is 15.6. The highest BCUT2D eigenvalue weighted by Gasteiger charge is 2.32. The standard InChI is InChI=1S/C52H59N/c1-9-19-44-31-30-43(29-28-38(3)51(44)53(8)46-24-14-11-15-25-46)35-52(7)33-32-45(36-52)40(5)49(47-26-17-16-20-37(47)2)34-39(4)50-41(6)48(50)27-18-23-42-21-12-10-13-22-42/h9-15,18-22,24-29,32-36,38,50H,16-17,23,30-31H2,1-8H3/b19-9-,27-18-,29-28-,39-34+,43-35+,49-40-,51-44+. The molecule has 2 aromatic rings. The Balaban J connectivity index is 1.25. The van der Waals surface area contributed by atoms with Crippen molar-refractivity contribution in [1.82, 2.24) is 0 Å². The molecule has 4 aliphatic rings. The summed E-state index contributed by atoms with van der Waals surface area (Å²) >= 11 is 0. The lowest BCUT2D eigenvalue weighted by Gasteiger charge is -2.30. The quantitative estimate of drug-likeness (QED) is 0.211. The molecule has 6 rings (SSSR count). The highest BCUT2D eigenvalue weighted by atomic mass is 15.1. The summed E-state index contributed by atoms with van der Waals surface area (Å²) in [5, 5.41) is 0. The summed E-state index contributed by atoms with van der Waals surface area (Å²) in [6.45, 7) is 16.1. The van der Waals surface area contributed by atoms with Gasteiger partial charge in [0.15, 0.2) is 0 Å². The van der Waals surface area contributed by atoms with E-state index in [2.05, 4.69) is 200 Å². The Kier molecular flexibility index (Phi) is 12.0. The van der Waals surface area contributed by atoms with Gasteiger partial charge in [-0.05, 0) is 130 Å². The molecule has 0 saturated heterocycles. The lowest BCUT2D eigenvalue weighted by Crippen LogP contribution is -2.23. The van der Waals surface area contributed by atoms with E-state index >= 15 is 0 Å². The van der Waals surface area contributed by atoms with Crippen LogP contribution in [0.5, 0.6) is 0 Å². The largest absolute Gasteiger partial charge is 0.347 e. The molecule has 1 nitrogen and oxygen atoms in total. The van der Waals surface area contributed by atoms with Crippen LogP contribution >= 0.6 is 0 Å². The van der Waals surface area contributed by atoms with Crippen molar-refractivity contribution < 1.29 is 0 Å². The Morgan fingerprint density at radius 3 is 2.34 bits per heavy atom. The molecule has 0 radical (unpaired) electrons. The number of nitrogens with zero attached hydrogens (tertiary/aromatic N) is 1. The van der Waals surface area contributed by atoms with Gasteiger partial charge in [-0.2, -0.15) is 0 Å². The van der Waals surface area contributed by atoms with Crippen molar-refractivity contribution >= 4 is 5.69 Å². The smallest absolute Gasteiger partial charge is 0.0405 e. The Labute approximate surface area is 321 Å². The van der Waals surface area contributed by atoms with E-state index in [4.69, 9.17) is 0 Å². The third kappa shape index (κ3) is 9.02. The number of para-hydroxylation sites is 1. The molecule has 3 unspecified atom stereocenters. The zero-order valence-corrected chi connectivity index (χ0v) is 33.4. The summed E-state index contributed by atoms with van der Waals surface area (Å²) in [7, 11) is 2.21. The maximum Gasteiger partial charge on any atom is 0.0405 e. The SMILES string of the molecule is C/C=C\C1=C(/N(C)c2ccccc2)C(C)/C=C\C(=C/C2(C)C=CC(/C(C)=C(/C=C(\C)C3C(C)=C3/C=C\Cc3ccccc3)C3=CCCC=C3C)=C2)CC1. The first kappa shape index (κ1) is 37.9. The summed E-state index contributed by atoms with van der Waals surface area (Å²) in [5.41, 5.74) is 17.9. The van der Waals surface area contributed by atoms with E-state index in [1.54, 1.807) is 0 Å². The van der Waals surface area contributed by atoms with Crippen molar-refractivity contribution in [3.63, 3.8) is 0 Å². The number of anilines is 1. The molecule has 3 atom stereocenters. The fourth-order valence-corrected chi connectivity index (χ4v) is 8.45. The third-order valence-corrected chi connectivity index (χ3v) is 11.5. The van der Waals surface area contributed by atoms with Gasteiger partial charge in [0.05, 0.1) is 0 Å². The predicted octanol–water partition coefficient (Wildman–Crippen LogP) is 14.0. The molecule has 0 fully saturated rings. The van der Waals surface area contributed by atoms with Crippen LogP contribution in [0.3, 0.4) is 0 Å². The van der Waals surface area contributed by atoms with Crippen LogP contribution < -0.4 is 4.90 Å². The number of allylic oxidation sites excluding steroid dienone is 23. The predicted molar refractivity (Wildman–Crippen MR) is 231 cm³/mol. The molecule has 0 saturated carbocycles. The van der Waals surface area contributed by atoms with Crippen LogP contribution in [0.1, 0.15) is 79.7 Å². The highest BCUT2D eigenvalue weighted by Crippen LogP contribution is 2.47. The summed E-state index contributed by atoms with van der Waals surface area (Å²) < 4.78 is 0. The van der Waals surface area contributed by atoms with E-state index < -0.39 is 0 Å². The fraction of sp³-hybridized carbons (Fsp3) is 0.308. The number of benzene rings is 2. The Bertz CT molecular complexity index is 2060. The topological polar surface area (TPSA) is 3.24 Å². The maximum absolute atomic E-state index is 2.50. The van der Waals surface area contributed by atoms with Crippen LogP contribution in [0.25, 0.3) is 0 Å². The normalized spacial score (nSPS) is 26.8. The van der Waals surface area contributed by atoms with Gasteiger partial charge in [0.25, 0.3) is 0 Å². The molecule has 0 aromatic heterocycles. The van der Waals surface area contributed by atoms with Crippen molar-refractivity contribution in [1.29, 1.82) is 0 Å². The average Bonchev–Trinajstić information content (AvgIpc) is 3.64. The van der Waals surface area contributed by atoms with Crippen LogP contribution in [0.4, 0.5) is 5.69 Å². The summed E-state index contributed by atoms with van der Waals surface area (Å²) in [6, 6.07) is 21.5. The van der Waals surface area contributed by atoms with E-state index in [9.17, 15) is 0 Å². The van der Waals surface area contributed by atoms with Crippen molar-refractivity contribution in [3.05, 3.63) is 207 Å². The number of hydrogen-bond acceptors (Lipinski definition) is 1. The first-order chi connectivity index (χ1) is 25.6. The molecule has 0 spiro atoms. The Hall–Kier alpha value is -4.88. The van der Waals surface area contributed by atoms with E-state index in [1.165, 1.54) is 72.7 Å². The summed E-state index contributed by atoms with van der Waals surface area (Å²) in [6.07, 6.45) is 36.3. The average molecular weight is 698 g/mol. The van der Waals surface area contributed by atoms with Crippen molar-refractivity contribution in [2.45, 2.75) is 80.6 Å². The molecule has 0 N–H and O–H groups in total. The van der Waals surface area contributed by atoms with Crippen LogP contribution in [0, 0.1) is 17.3 Å². The van der Waals surface area contributed by atoms with Gasteiger partial charge >= 0.3 is 0 Å². The van der Waals surface area contributed by atoms with Gasteiger partial charge in [0, 0.05) is 35.7 Å². The third-order valence-electron chi connectivity index (χ3n) is 11.5. The van der Waals surface area contributed by atoms with E-state index in [0.29, 0.717) is 11.8 Å². The van der Waals surface area contributed by atoms with Gasteiger partial charge < -0.3 is 4.90 Å².